The number of carbonyl (C=O) groups is 1. The molecular weight excluding hydrogens is 264 g/mol. The van der Waals surface area contributed by atoms with E-state index in [0.717, 1.165) is 31.4 Å². The first-order valence-corrected chi connectivity index (χ1v) is 7.90. The number of carbonyl (C=O) groups excluding carboxylic acids is 1. The topological polar surface area (TPSA) is 65.2 Å². The molecule has 1 aliphatic heterocycles. The number of thioether (sulfide) groups is 1. The van der Waals surface area contributed by atoms with E-state index in [1.54, 1.807) is 18.9 Å². The molecule has 0 spiro atoms. The molecule has 0 amide bonds. The van der Waals surface area contributed by atoms with Gasteiger partial charge in [-0.25, -0.2) is 0 Å². The van der Waals surface area contributed by atoms with E-state index in [9.17, 15) is 4.79 Å². The first-order chi connectivity index (χ1) is 9.25. The van der Waals surface area contributed by atoms with Crippen molar-refractivity contribution in [3.8, 4) is 0 Å². The summed E-state index contributed by atoms with van der Waals surface area (Å²) in [5.41, 5.74) is -0.408. The van der Waals surface area contributed by atoms with Gasteiger partial charge < -0.3 is 9.26 Å². The summed E-state index contributed by atoms with van der Waals surface area (Å²) in [6.07, 6.45) is 5.32. The van der Waals surface area contributed by atoms with Crippen LogP contribution in [0.1, 0.15) is 49.7 Å². The molecule has 0 N–H and O–H groups in total. The fourth-order valence-electron chi connectivity index (χ4n) is 2.88. The van der Waals surface area contributed by atoms with Crippen LogP contribution in [0, 0.1) is 0 Å². The summed E-state index contributed by atoms with van der Waals surface area (Å²) in [4.78, 5) is 16.2. The highest BCUT2D eigenvalue weighted by Gasteiger charge is 2.40. The van der Waals surface area contributed by atoms with Crippen LogP contribution in [0.3, 0.4) is 0 Å². The highest BCUT2D eigenvalue weighted by molar-refractivity contribution is 8.00. The van der Waals surface area contributed by atoms with Gasteiger partial charge in [0.25, 0.3) is 0 Å². The number of aromatic nitrogens is 2. The minimum Gasteiger partial charge on any atom is -0.370 e. The Balaban J connectivity index is 1.85. The van der Waals surface area contributed by atoms with E-state index in [-0.39, 0.29) is 11.7 Å². The Labute approximate surface area is 116 Å². The molecule has 2 fully saturated rings. The molecule has 1 saturated heterocycles. The smallest absolute Gasteiger partial charge is 0.238 e. The van der Waals surface area contributed by atoms with Gasteiger partial charge in [-0.15, -0.1) is 0 Å². The number of hydrogen-bond acceptors (Lipinski definition) is 6. The second-order valence-corrected chi connectivity index (χ2v) is 6.28. The maximum atomic E-state index is 11.7. The number of methoxy groups -OCH3 is 1. The summed E-state index contributed by atoms with van der Waals surface area (Å²) >= 11 is 1.63. The molecule has 0 bridgehead atoms. The standard InChI is InChI=1S/C13H18N2O3S/c1-17-13(5-3-2-4-6-13)12-14-11(18-15-12)9-7-19-8-10(9)16/h9H,2-8H2,1H3. The van der Waals surface area contributed by atoms with Crippen molar-refractivity contribution >= 4 is 17.5 Å². The summed E-state index contributed by atoms with van der Waals surface area (Å²) in [6, 6.07) is 0. The van der Waals surface area contributed by atoms with Gasteiger partial charge in [0.05, 0.1) is 5.75 Å². The molecule has 1 aliphatic carbocycles. The Kier molecular flexibility index (Phi) is 3.62. The fraction of sp³-hybridized carbons (Fsp3) is 0.769. The van der Waals surface area contributed by atoms with Gasteiger partial charge in [-0.05, 0) is 12.8 Å². The predicted octanol–water partition coefficient (Wildman–Crippen LogP) is 2.27. The molecule has 0 radical (unpaired) electrons. The Morgan fingerprint density at radius 1 is 1.37 bits per heavy atom. The minimum atomic E-state index is -0.408. The van der Waals surface area contributed by atoms with Gasteiger partial charge in [0.15, 0.2) is 5.78 Å². The van der Waals surface area contributed by atoms with E-state index in [2.05, 4.69) is 10.1 Å². The van der Waals surface area contributed by atoms with E-state index in [1.165, 1.54) is 6.42 Å². The molecule has 2 aliphatic rings. The molecular formula is C13H18N2O3S. The van der Waals surface area contributed by atoms with Crippen molar-refractivity contribution in [2.45, 2.75) is 43.6 Å². The number of nitrogens with zero attached hydrogens (tertiary/aromatic N) is 2. The Morgan fingerprint density at radius 2 is 2.16 bits per heavy atom. The van der Waals surface area contributed by atoms with Crippen LogP contribution in [0.4, 0.5) is 0 Å². The molecule has 1 aromatic heterocycles. The fourth-order valence-corrected chi connectivity index (χ4v) is 3.97. The van der Waals surface area contributed by atoms with Crippen LogP contribution in [0.25, 0.3) is 0 Å². The highest BCUT2D eigenvalue weighted by atomic mass is 32.2. The van der Waals surface area contributed by atoms with Crippen LogP contribution in [0.2, 0.25) is 0 Å². The lowest BCUT2D eigenvalue weighted by Crippen LogP contribution is -2.32. The lowest BCUT2D eigenvalue weighted by molar-refractivity contribution is -0.117. The average Bonchev–Trinajstić information content (AvgIpc) is 3.08. The summed E-state index contributed by atoms with van der Waals surface area (Å²) in [5.74, 6) is 2.36. The Bertz CT molecular complexity index is 468. The van der Waals surface area contributed by atoms with E-state index < -0.39 is 5.60 Å². The number of hydrogen-bond donors (Lipinski definition) is 0. The quantitative estimate of drug-likeness (QED) is 0.847. The summed E-state index contributed by atoms with van der Waals surface area (Å²) in [5, 5.41) is 4.09. The molecule has 19 heavy (non-hydrogen) atoms. The Morgan fingerprint density at radius 3 is 2.79 bits per heavy atom. The molecule has 0 aromatic carbocycles. The molecule has 104 valence electrons. The summed E-state index contributed by atoms with van der Waals surface area (Å²) in [7, 11) is 1.71. The second-order valence-electron chi connectivity index (χ2n) is 5.25. The zero-order valence-electron chi connectivity index (χ0n) is 11.1. The third-order valence-electron chi connectivity index (χ3n) is 4.12. The first kappa shape index (κ1) is 13.1. The molecule has 1 unspecified atom stereocenters. The highest BCUT2D eigenvalue weighted by Crippen LogP contribution is 2.39. The van der Waals surface area contributed by atoms with Crippen LogP contribution in [0.5, 0.6) is 0 Å². The molecule has 1 saturated carbocycles. The van der Waals surface area contributed by atoms with Gasteiger partial charge in [0.2, 0.25) is 11.7 Å². The lowest BCUT2D eigenvalue weighted by Gasteiger charge is -2.32. The van der Waals surface area contributed by atoms with Gasteiger partial charge in [0, 0.05) is 12.9 Å². The number of rotatable bonds is 3. The van der Waals surface area contributed by atoms with Crippen molar-refractivity contribution in [1.29, 1.82) is 0 Å². The zero-order chi connectivity index (χ0) is 13.3. The van der Waals surface area contributed by atoms with Crippen molar-refractivity contribution in [2.24, 2.45) is 0 Å². The maximum absolute atomic E-state index is 11.7. The van der Waals surface area contributed by atoms with Crippen LogP contribution in [-0.2, 0) is 15.1 Å². The molecule has 2 heterocycles. The molecule has 3 rings (SSSR count). The summed E-state index contributed by atoms with van der Waals surface area (Å²) < 4.78 is 11.0. The SMILES string of the molecule is COC1(c2noc(C3CSCC3=O)n2)CCCCC1. The van der Waals surface area contributed by atoms with Crippen LogP contribution >= 0.6 is 11.8 Å². The number of Topliss-reactive ketones (excluding diaryl/α,β-unsaturated/α-hetero) is 1. The third-order valence-corrected chi connectivity index (χ3v) is 5.17. The van der Waals surface area contributed by atoms with Gasteiger partial charge in [0.1, 0.15) is 11.5 Å². The van der Waals surface area contributed by atoms with E-state index in [4.69, 9.17) is 9.26 Å². The van der Waals surface area contributed by atoms with Crippen molar-refractivity contribution in [2.75, 3.05) is 18.6 Å². The number of ketones is 1. The largest absolute Gasteiger partial charge is 0.370 e. The number of ether oxygens (including phenoxy) is 1. The zero-order valence-corrected chi connectivity index (χ0v) is 11.9. The van der Waals surface area contributed by atoms with Gasteiger partial charge >= 0.3 is 0 Å². The predicted molar refractivity (Wildman–Crippen MR) is 71.1 cm³/mol. The van der Waals surface area contributed by atoms with Gasteiger partial charge in [-0.2, -0.15) is 16.7 Å². The van der Waals surface area contributed by atoms with Crippen LogP contribution < -0.4 is 0 Å². The summed E-state index contributed by atoms with van der Waals surface area (Å²) in [6.45, 7) is 0. The van der Waals surface area contributed by atoms with E-state index in [1.807, 2.05) is 0 Å². The molecule has 6 heteroatoms. The second kappa shape index (κ2) is 5.25. The minimum absolute atomic E-state index is 0.190. The van der Waals surface area contributed by atoms with Crippen molar-refractivity contribution in [3.63, 3.8) is 0 Å². The lowest BCUT2D eigenvalue weighted by atomic mass is 9.84. The normalized spacial score (nSPS) is 26.8. The third kappa shape index (κ3) is 2.31. The molecule has 1 aromatic rings. The van der Waals surface area contributed by atoms with Crippen molar-refractivity contribution in [3.05, 3.63) is 11.7 Å². The van der Waals surface area contributed by atoms with Gasteiger partial charge in [-0.1, -0.05) is 24.4 Å². The van der Waals surface area contributed by atoms with E-state index in [0.29, 0.717) is 17.5 Å². The van der Waals surface area contributed by atoms with E-state index >= 15 is 0 Å². The molecule has 1 atom stereocenters. The monoisotopic (exact) mass is 282 g/mol. The van der Waals surface area contributed by atoms with Crippen LogP contribution in [-0.4, -0.2) is 34.5 Å². The average molecular weight is 282 g/mol. The molecule has 5 nitrogen and oxygen atoms in total. The Hall–Kier alpha value is -0.880. The van der Waals surface area contributed by atoms with Gasteiger partial charge in [-0.3, -0.25) is 4.79 Å². The van der Waals surface area contributed by atoms with Crippen LogP contribution in [0.15, 0.2) is 4.52 Å². The van der Waals surface area contributed by atoms with Crippen molar-refractivity contribution < 1.29 is 14.1 Å². The van der Waals surface area contributed by atoms with Crippen molar-refractivity contribution in [1.82, 2.24) is 10.1 Å². The first-order valence-electron chi connectivity index (χ1n) is 6.75. The maximum Gasteiger partial charge on any atom is 0.238 e.